The Hall–Kier alpha value is -1.92. The Balaban J connectivity index is 2.21. The third-order valence-corrected chi connectivity index (χ3v) is 4.54. The smallest absolute Gasteiger partial charge is 0.288 e. The van der Waals surface area contributed by atoms with E-state index in [1.54, 1.807) is 11.3 Å². The summed E-state index contributed by atoms with van der Waals surface area (Å²) in [5.74, 6) is -0.428. The summed E-state index contributed by atoms with van der Waals surface area (Å²) in [6, 6.07) is 7.91. The molecule has 2 rings (SSSR count). The van der Waals surface area contributed by atoms with Crippen molar-refractivity contribution in [1.29, 1.82) is 0 Å². The quantitative estimate of drug-likeness (QED) is 0.679. The molecule has 1 unspecified atom stereocenters. The molecule has 7 heteroatoms. The number of carbonyl (C=O) groups excluding carboxylic acids is 1. The van der Waals surface area contributed by atoms with E-state index in [-0.39, 0.29) is 22.3 Å². The number of nitrogens with zero attached hydrogens (tertiary/aromatic N) is 1. The fourth-order valence-corrected chi connectivity index (χ4v) is 3.03. The van der Waals surface area contributed by atoms with Crippen molar-refractivity contribution in [2.45, 2.75) is 19.9 Å². The predicted octanol–water partition coefficient (Wildman–Crippen LogP) is 4.11. The van der Waals surface area contributed by atoms with Gasteiger partial charge in [-0.05, 0) is 32.0 Å². The van der Waals surface area contributed by atoms with Crippen LogP contribution in [0.4, 0.5) is 5.69 Å². The summed E-state index contributed by atoms with van der Waals surface area (Å²) in [7, 11) is 0. The summed E-state index contributed by atoms with van der Waals surface area (Å²) in [6.45, 7) is 3.84. The van der Waals surface area contributed by atoms with Gasteiger partial charge in [-0.2, -0.15) is 0 Å². The molecule has 1 amide bonds. The molecule has 1 heterocycles. The minimum Gasteiger partial charge on any atom is -0.345 e. The first-order valence-corrected chi connectivity index (χ1v) is 7.39. The maximum absolute atomic E-state index is 12.2. The van der Waals surface area contributed by atoms with Crippen molar-refractivity contribution in [2.24, 2.45) is 0 Å². The Morgan fingerprint density at radius 1 is 1.38 bits per heavy atom. The minimum absolute atomic E-state index is 0.103. The van der Waals surface area contributed by atoms with Crippen LogP contribution >= 0.6 is 22.9 Å². The summed E-state index contributed by atoms with van der Waals surface area (Å²) in [6.07, 6.45) is 0. The number of hydrogen-bond donors (Lipinski definition) is 1. The first-order valence-electron chi connectivity index (χ1n) is 6.20. The monoisotopic (exact) mass is 324 g/mol. The average molecular weight is 325 g/mol. The van der Waals surface area contributed by atoms with Crippen LogP contribution in [0.15, 0.2) is 30.3 Å². The van der Waals surface area contributed by atoms with Crippen LogP contribution in [0.5, 0.6) is 0 Å². The van der Waals surface area contributed by atoms with Crippen LogP contribution < -0.4 is 5.32 Å². The van der Waals surface area contributed by atoms with Gasteiger partial charge in [0.25, 0.3) is 11.6 Å². The molecule has 0 saturated carbocycles. The van der Waals surface area contributed by atoms with Gasteiger partial charge in [0.05, 0.1) is 16.5 Å². The SMILES string of the molecule is Cc1ccc(C(C)NC(=O)c2cccc([N+](=O)[O-])c2Cl)s1. The van der Waals surface area contributed by atoms with Crippen LogP contribution in [0.2, 0.25) is 5.02 Å². The molecule has 0 radical (unpaired) electrons. The molecule has 5 nitrogen and oxygen atoms in total. The van der Waals surface area contributed by atoms with Gasteiger partial charge in [-0.3, -0.25) is 14.9 Å². The molecule has 0 fully saturated rings. The summed E-state index contributed by atoms with van der Waals surface area (Å²) in [4.78, 5) is 24.6. The number of amides is 1. The highest BCUT2D eigenvalue weighted by Crippen LogP contribution is 2.28. The molecular formula is C14H13ClN2O3S. The molecule has 0 saturated heterocycles. The van der Waals surface area contributed by atoms with E-state index in [0.29, 0.717) is 0 Å². The molecule has 1 N–H and O–H groups in total. The third-order valence-electron chi connectivity index (χ3n) is 2.96. The lowest BCUT2D eigenvalue weighted by Gasteiger charge is -2.13. The lowest BCUT2D eigenvalue weighted by atomic mass is 10.1. The van der Waals surface area contributed by atoms with Gasteiger partial charge in [-0.15, -0.1) is 11.3 Å². The highest BCUT2D eigenvalue weighted by atomic mass is 35.5. The number of thiophene rings is 1. The molecule has 1 aromatic carbocycles. The Bertz CT molecular complexity index is 699. The Kier molecular flexibility index (Phi) is 4.59. The van der Waals surface area contributed by atoms with Crippen LogP contribution in [0, 0.1) is 17.0 Å². The van der Waals surface area contributed by atoms with E-state index < -0.39 is 10.8 Å². The lowest BCUT2D eigenvalue weighted by Crippen LogP contribution is -2.26. The number of hydrogen-bond acceptors (Lipinski definition) is 4. The van der Waals surface area contributed by atoms with E-state index in [1.807, 2.05) is 26.0 Å². The van der Waals surface area contributed by atoms with Gasteiger partial charge in [0.2, 0.25) is 0 Å². The number of nitro groups is 1. The molecule has 0 aliphatic carbocycles. The predicted molar refractivity (Wildman–Crippen MR) is 83.0 cm³/mol. The van der Waals surface area contributed by atoms with E-state index in [4.69, 9.17) is 11.6 Å². The van der Waals surface area contributed by atoms with E-state index in [2.05, 4.69) is 5.32 Å². The Morgan fingerprint density at radius 3 is 2.67 bits per heavy atom. The molecule has 1 aromatic heterocycles. The zero-order valence-corrected chi connectivity index (χ0v) is 13.0. The summed E-state index contributed by atoms with van der Waals surface area (Å²) in [5.41, 5.74) is -0.171. The second-order valence-electron chi connectivity index (χ2n) is 4.54. The minimum atomic E-state index is -0.606. The number of nitrogens with one attached hydrogen (secondary N) is 1. The van der Waals surface area contributed by atoms with Crippen LogP contribution in [-0.4, -0.2) is 10.8 Å². The molecule has 21 heavy (non-hydrogen) atoms. The van der Waals surface area contributed by atoms with Crippen LogP contribution in [-0.2, 0) is 0 Å². The number of halogens is 1. The average Bonchev–Trinajstić information content (AvgIpc) is 2.85. The highest BCUT2D eigenvalue weighted by Gasteiger charge is 2.21. The van der Waals surface area contributed by atoms with Crippen molar-refractivity contribution < 1.29 is 9.72 Å². The Labute approximate surface area is 130 Å². The van der Waals surface area contributed by atoms with Crippen LogP contribution in [0.25, 0.3) is 0 Å². The molecule has 0 aliphatic rings. The van der Waals surface area contributed by atoms with Crippen molar-refractivity contribution in [2.75, 3.05) is 0 Å². The van der Waals surface area contributed by atoms with Gasteiger partial charge in [0.15, 0.2) is 0 Å². The van der Waals surface area contributed by atoms with E-state index >= 15 is 0 Å². The van der Waals surface area contributed by atoms with Crippen molar-refractivity contribution in [3.8, 4) is 0 Å². The largest absolute Gasteiger partial charge is 0.345 e. The van der Waals surface area contributed by atoms with Gasteiger partial charge < -0.3 is 5.32 Å². The van der Waals surface area contributed by atoms with E-state index in [1.165, 1.54) is 18.2 Å². The molecule has 0 spiro atoms. The van der Waals surface area contributed by atoms with Crippen molar-refractivity contribution >= 4 is 34.5 Å². The second kappa shape index (κ2) is 6.24. The van der Waals surface area contributed by atoms with E-state index in [9.17, 15) is 14.9 Å². The fraction of sp³-hybridized carbons (Fsp3) is 0.214. The number of rotatable bonds is 4. The number of benzene rings is 1. The Morgan fingerprint density at radius 2 is 2.10 bits per heavy atom. The van der Waals surface area contributed by atoms with Crippen molar-refractivity contribution in [1.82, 2.24) is 5.32 Å². The highest BCUT2D eigenvalue weighted by molar-refractivity contribution is 7.12. The summed E-state index contributed by atoms with van der Waals surface area (Å²) >= 11 is 7.52. The second-order valence-corrected chi connectivity index (χ2v) is 6.24. The van der Waals surface area contributed by atoms with Crippen molar-refractivity contribution in [3.05, 3.63) is 60.8 Å². The molecule has 2 aromatic rings. The van der Waals surface area contributed by atoms with Crippen LogP contribution in [0.3, 0.4) is 0 Å². The topological polar surface area (TPSA) is 72.2 Å². The number of aryl methyl sites for hydroxylation is 1. The van der Waals surface area contributed by atoms with Crippen molar-refractivity contribution in [3.63, 3.8) is 0 Å². The molecule has 1 atom stereocenters. The summed E-state index contributed by atoms with van der Waals surface area (Å²) in [5, 5.41) is 13.5. The van der Waals surface area contributed by atoms with Gasteiger partial charge in [-0.25, -0.2) is 0 Å². The number of nitro benzene ring substituents is 1. The molecule has 0 aliphatic heterocycles. The zero-order chi connectivity index (χ0) is 15.6. The fourth-order valence-electron chi connectivity index (χ4n) is 1.87. The van der Waals surface area contributed by atoms with Gasteiger partial charge >= 0.3 is 0 Å². The zero-order valence-electron chi connectivity index (χ0n) is 11.4. The standard InChI is InChI=1S/C14H13ClN2O3S/c1-8-6-7-12(21-8)9(2)16-14(18)10-4-3-5-11(13(10)15)17(19)20/h3-7,9H,1-2H3,(H,16,18). The molecular weight excluding hydrogens is 312 g/mol. The van der Waals surface area contributed by atoms with Gasteiger partial charge in [0.1, 0.15) is 5.02 Å². The maximum atomic E-state index is 12.2. The maximum Gasteiger partial charge on any atom is 0.288 e. The molecule has 0 bridgehead atoms. The van der Waals surface area contributed by atoms with E-state index in [0.717, 1.165) is 9.75 Å². The van der Waals surface area contributed by atoms with Gasteiger partial charge in [0, 0.05) is 15.8 Å². The first-order chi connectivity index (χ1) is 9.90. The lowest BCUT2D eigenvalue weighted by molar-refractivity contribution is -0.384. The normalized spacial score (nSPS) is 12.0. The third kappa shape index (κ3) is 3.40. The molecule has 110 valence electrons. The van der Waals surface area contributed by atoms with Crippen LogP contribution in [0.1, 0.15) is 33.1 Å². The summed E-state index contributed by atoms with van der Waals surface area (Å²) < 4.78 is 0. The van der Waals surface area contributed by atoms with Gasteiger partial charge in [-0.1, -0.05) is 17.7 Å². The first kappa shape index (κ1) is 15.5. The number of carbonyl (C=O) groups is 1.